The van der Waals surface area contributed by atoms with E-state index in [-0.39, 0.29) is 12.2 Å². The molecule has 6 nitrogen and oxygen atoms in total. The van der Waals surface area contributed by atoms with Gasteiger partial charge >= 0.3 is 0 Å². The van der Waals surface area contributed by atoms with Crippen molar-refractivity contribution in [3.05, 3.63) is 65.0 Å². The molecule has 0 atom stereocenters. The number of nitrogens with one attached hydrogen (secondary N) is 1. The third kappa shape index (κ3) is 3.29. The summed E-state index contributed by atoms with van der Waals surface area (Å²) in [6.45, 7) is 5.04. The molecule has 1 aliphatic rings. The van der Waals surface area contributed by atoms with Gasteiger partial charge in [-0.2, -0.15) is 0 Å². The van der Waals surface area contributed by atoms with Crippen LogP contribution in [-0.2, 0) is 9.47 Å². The van der Waals surface area contributed by atoms with Crippen LogP contribution < -0.4 is 5.32 Å². The van der Waals surface area contributed by atoms with Crippen molar-refractivity contribution in [3.8, 4) is 0 Å². The summed E-state index contributed by atoms with van der Waals surface area (Å²) in [6, 6.07) is 12.8. The number of carbonyl (C=O) groups is 1. The Bertz CT molecular complexity index is 964. The van der Waals surface area contributed by atoms with Gasteiger partial charge < -0.3 is 14.8 Å². The second-order valence-electron chi connectivity index (χ2n) is 6.25. The van der Waals surface area contributed by atoms with Crippen molar-refractivity contribution in [1.29, 1.82) is 0 Å². The second-order valence-corrected chi connectivity index (χ2v) is 6.25. The fraction of sp³-hybridized carbons (Fsp3) is 0.250. The summed E-state index contributed by atoms with van der Waals surface area (Å²) in [4.78, 5) is 21.5. The van der Waals surface area contributed by atoms with Crippen molar-refractivity contribution in [2.75, 3.05) is 18.5 Å². The molecule has 0 bridgehead atoms. The van der Waals surface area contributed by atoms with Gasteiger partial charge in [0.2, 0.25) is 0 Å². The van der Waals surface area contributed by atoms with Gasteiger partial charge in [-0.25, -0.2) is 9.97 Å². The van der Waals surface area contributed by atoms with E-state index in [1.54, 1.807) is 12.1 Å². The van der Waals surface area contributed by atoms with Gasteiger partial charge in [0.1, 0.15) is 0 Å². The van der Waals surface area contributed by atoms with E-state index >= 15 is 0 Å². The summed E-state index contributed by atoms with van der Waals surface area (Å²) in [5, 5.41) is 2.90. The Kier molecular flexibility index (Phi) is 4.36. The minimum absolute atomic E-state index is 0.187. The number of rotatable bonds is 3. The van der Waals surface area contributed by atoms with Gasteiger partial charge in [0.05, 0.1) is 35.6 Å². The Morgan fingerprint density at radius 1 is 0.962 bits per heavy atom. The van der Waals surface area contributed by atoms with Gasteiger partial charge in [-0.3, -0.25) is 4.79 Å². The Labute approximate surface area is 151 Å². The van der Waals surface area contributed by atoms with Gasteiger partial charge in [-0.05, 0) is 44.2 Å². The highest BCUT2D eigenvalue weighted by Gasteiger charge is 2.18. The van der Waals surface area contributed by atoms with Gasteiger partial charge in [-0.1, -0.05) is 12.1 Å². The fourth-order valence-corrected chi connectivity index (χ4v) is 2.85. The van der Waals surface area contributed by atoms with Crippen LogP contribution in [0.25, 0.3) is 11.0 Å². The van der Waals surface area contributed by atoms with Crippen LogP contribution in [-0.4, -0.2) is 29.1 Å². The van der Waals surface area contributed by atoms with E-state index in [2.05, 4.69) is 15.3 Å². The van der Waals surface area contributed by atoms with E-state index in [1.165, 1.54) is 0 Å². The molecule has 4 rings (SSSR count). The maximum absolute atomic E-state index is 12.5. The van der Waals surface area contributed by atoms with E-state index in [0.29, 0.717) is 30.0 Å². The van der Waals surface area contributed by atoms with E-state index < -0.39 is 0 Å². The zero-order valence-electron chi connectivity index (χ0n) is 14.7. The number of carbonyl (C=O) groups excluding carboxylic acids is 1. The number of aromatic nitrogens is 2. The third-order valence-electron chi connectivity index (χ3n) is 4.40. The number of amides is 1. The van der Waals surface area contributed by atoms with Crippen molar-refractivity contribution in [2.45, 2.75) is 20.1 Å². The largest absolute Gasteiger partial charge is 0.346 e. The number of hydrogen-bond acceptors (Lipinski definition) is 5. The molecule has 0 radical (unpaired) electrons. The number of benzene rings is 2. The Morgan fingerprint density at radius 3 is 2.31 bits per heavy atom. The zero-order chi connectivity index (χ0) is 18.1. The highest BCUT2D eigenvalue weighted by Crippen LogP contribution is 2.24. The molecule has 1 saturated heterocycles. The molecule has 0 spiro atoms. The molecule has 1 N–H and O–H groups in total. The van der Waals surface area contributed by atoms with Gasteiger partial charge in [0, 0.05) is 16.8 Å². The first-order chi connectivity index (χ1) is 12.6. The molecule has 1 amide bonds. The number of anilines is 1. The second kappa shape index (κ2) is 6.82. The van der Waals surface area contributed by atoms with Gasteiger partial charge in [0.25, 0.3) is 5.91 Å². The summed E-state index contributed by atoms with van der Waals surface area (Å²) in [5.41, 5.74) is 5.45. The fourth-order valence-electron chi connectivity index (χ4n) is 2.85. The Hall–Kier alpha value is -2.83. The first-order valence-electron chi connectivity index (χ1n) is 8.50. The maximum atomic E-state index is 12.5. The van der Waals surface area contributed by atoms with Crippen molar-refractivity contribution in [3.63, 3.8) is 0 Å². The smallest absolute Gasteiger partial charge is 0.255 e. The lowest BCUT2D eigenvalue weighted by atomic mass is 10.1. The highest BCUT2D eigenvalue weighted by atomic mass is 16.7. The van der Waals surface area contributed by atoms with Crippen molar-refractivity contribution in [1.82, 2.24) is 9.97 Å². The standard InChI is InChI=1S/C20H19N3O3/c1-12-13(2)22-18-11-15(5-8-17(18)21-12)19(24)23-16-6-3-14(4-7-16)20-25-9-10-26-20/h3-8,11,20H,9-10H2,1-2H3,(H,23,24). The quantitative estimate of drug-likeness (QED) is 0.783. The lowest BCUT2D eigenvalue weighted by molar-refractivity contribution is -0.0441. The van der Waals surface area contributed by atoms with E-state index in [1.807, 2.05) is 44.2 Å². The molecule has 2 heterocycles. The van der Waals surface area contributed by atoms with Crippen molar-refractivity contribution in [2.24, 2.45) is 0 Å². The first-order valence-corrected chi connectivity index (χ1v) is 8.50. The monoisotopic (exact) mass is 349 g/mol. The molecular formula is C20H19N3O3. The first kappa shape index (κ1) is 16.6. The Morgan fingerprint density at radius 2 is 1.62 bits per heavy atom. The molecule has 0 aliphatic carbocycles. The van der Waals surface area contributed by atoms with E-state index in [9.17, 15) is 4.79 Å². The number of hydrogen-bond donors (Lipinski definition) is 1. The molecule has 26 heavy (non-hydrogen) atoms. The highest BCUT2D eigenvalue weighted by molar-refractivity contribution is 6.05. The molecule has 1 aliphatic heterocycles. The summed E-state index contributed by atoms with van der Waals surface area (Å²) < 4.78 is 10.9. The number of ether oxygens (including phenoxy) is 2. The molecule has 2 aromatic carbocycles. The number of fused-ring (bicyclic) bond motifs is 1. The number of aryl methyl sites for hydroxylation is 2. The normalized spacial score (nSPS) is 14.7. The number of nitrogens with zero attached hydrogens (tertiary/aromatic N) is 2. The molecule has 1 fully saturated rings. The topological polar surface area (TPSA) is 73.3 Å². The predicted octanol–water partition coefficient (Wildman–Crippen LogP) is 3.54. The molecule has 0 saturated carbocycles. The van der Waals surface area contributed by atoms with Crippen LogP contribution in [0.3, 0.4) is 0 Å². The Balaban J connectivity index is 1.52. The van der Waals surface area contributed by atoms with Crippen LogP contribution in [0.15, 0.2) is 42.5 Å². The maximum Gasteiger partial charge on any atom is 0.255 e. The lowest BCUT2D eigenvalue weighted by Gasteiger charge is -2.11. The van der Waals surface area contributed by atoms with E-state index in [0.717, 1.165) is 22.5 Å². The molecule has 0 unspecified atom stereocenters. The minimum atomic E-state index is -0.314. The zero-order valence-corrected chi connectivity index (χ0v) is 14.7. The molecular weight excluding hydrogens is 330 g/mol. The van der Waals surface area contributed by atoms with Gasteiger partial charge in [0.15, 0.2) is 6.29 Å². The molecule has 1 aromatic heterocycles. The van der Waals surface area contributed by atoms with E-state index in [4.69, 9.17) is 9.47 Å². The van der Waals surface area contributed by atoms with Crippen LogP contribution in [0.1, 0.15) is 33.6 Å². The summed E-state index contributed by atoms with van der Waals surface area (Å²) in [6.07, 6.45) is -0.314. The summed E-state index contributed by atoms with van der Waals surface area (Å²) in [5.74, 6) is -0.187. The minimum Gasteiger partial charge on any atom is -0.346 e. The van der Waals surface area contributed by atoms with Gasteiger partial charge in [-0.15, -0.1) is 0 Å². The van der Waals surface area contributed by atoms with Crippen LogP contribution in [0.4, 0.5) is 5.69 Å². The summed E-state index contributed by atoms with van der Waals surface area (Å²) >= 11 is 0. The third-order valence-corrected chi connectivity index (χ3v) is 4.40. The van der Waals surface area contributed by atoms with Crippen molar-refractivity contribution >= 4 is 22.6 Å². The lowest BCUT2D eigenvalue weighted by Crippen LogP contribution is -2.12. The van der Waals surface area contributed by atoms with Crippen molar-refractivity contribution < 1.29 is 14.3 Å². The van der Waals surface area contributed by atoms with Crippen LogP contribution >= 0.6 is 0 Å². The molecule has 6 heteroatoms. The average Bonchev–Trinajstić information content (AvgIpc) is 3.17. The predicted molar refractivity (Wildman–Crippen MR) is 98.1 cm³/mol. The molecule has 3 aromatic rings. The average molecular weight is 349 g/mol. The SMILES string of the molecule is Cc1nc2ccc(C(=O)Nc3ccc(C4OCCO4)cc3)cc2nc1C. The summed E-state index contributed by atoms with van der Waals surface area (Å²) in [7, 11) is 0. The van der Waals surface area contributed by atoms with Crippen LogP contribution in [0.2, 0.25) is 0 Å². The van der Waals surface area contributed by atoms with Crippen LogP contribution in [0, 0.1) is 13.8 Å². The molecule has 132 valence electrons. The van der Waals surface area contributed by atoms with Crippen LogP contribution in [0.5, 0.6) is 0 Å².